The molecule has 0 aromatic heterocycles. The van der Waals surface area contributed by atoms with Crippen molar-refractivity contribution >= 4 is 55.9 Å². The Morgan fingerprint density at radius 2 is 1.83 bits per heavy atom. The summed E-state index contributed by atoms with van der Waals surface area (Å²) in [5, 5.41) is 1.66. The molecule has 0 aliphatic carbocycles. The zero-order valence-corrected chi connectivity index (χ0v) is 18.4. The molecule has 1 amide bonds. The molecule has 2 aliphatic rings. The lowest BCUT2D eigenvalue weighted by Crippen LogP contribution is -2.37. The van der Waals surface area contributed by atoms with Crippen molar-refractivity contribution in [1.82, 2.24) is 4.90 Å². The van der Waals surface area contributed by atoms with Crippen molar-refractivity contribution in [3.05, 3.63) is 69.7 Å². The predicted octanol–water partition coefficient (Wildman–Crippen LogP) is 3.83. The minimum absolute atomic E-state index is 0.0690. The van der Waals surface area contributed by atoms with E-state index < -0.39 is 9.84 Å². The molecule has 2 atom stereocenters. The number of nitrogens with zero attached hydrogens (tertiary/aromatic N) is 2. The van der Waals surface area contributed by atoms with E-state index in [0.29, 0.717) is 21.8 Å². The lowest BCUT2D eigenvalue weighted by atomic mass is 10.1. The maximum Gasteiger partial charge on any atom is 0.252 e. The predicted molar refractivity (Wildman–Crippen MR) is 118 cm³/mol. The van der Waals surface area contributed by atoms with Crippen molar-refractivity contribution in [2.45, 2.75) is 24.3 Å². The average molecular weight is 469 g/mol. The summed E-state index contributed by atoms with van der Waals surface area (Å²) in [6.45, 7) is 0.413. The minimum Gasteiger partial charge on any atom is -0.342 e. The first-order chi connectivity index (χ1) is 13.8. The van der Waals surface area contributed by atoms with Gasteiger partial charge in [-0.25, -0.2) is 8.42 Å². The number of rotatable bonds is 4. The number of aliphatic imine (C=N–C) groups is 1. The van der Waals surface area contributed by atoms with Crippen molar-refractivity contribution in [1.29, 1.82) is 0 Å². The third-order valence-corrected chi connectivity index (χ3v) is 8.83. The highest BCUT2D eigenvalue weighted by Crippen LogP contribution is 2.39. The molecular formula is C20H18Cl2N2O3S2. The Morgan fingerprint density at radius 3 is 2.55 bits per heavy atom. The molecule has 9 heteroatoms. The van der Waals surface area contributed by atoms with Crippen LogP contribution in [0.5, 0.6) is 0 Å². The summed E-state index contributed by atoms with van der Waals surface area (Å²) in [5.74, 6) is -0.104. The van der Waals surface area contributed by atoms with Gasteiger partial charge < -0.3 is 4.90 Å². The summed E-state index contributed by atoms with van der Waals surface area (Å²) in [7, 11) is -3.09. The molecule has 2 saturated heterocycles. The molecule has 2 fully saturated rings. The molecule has 2 aromatic carbocycles. The number of benzene rings is 2. The Kier molecular flexibility index (Phi) is 5.93. The highest BCUT2D eigenvalue weighted by molar-refractivity contribution is 8.15. The second-order valence-electron chi connectivity index (χ2n) is 7.11. The van der Waals surface area contributed by atoms with Crippen LogP contribution in [0.25, 0.3) is 0 Å². The number of hydrogen-bond acceptors (Lipinski definition) is 4. The largest absolute Gasteiger partial charge is 0.342 e. The lowest BCUT2D eigenvalue weighted by Gasteiger charge is -2.25. The molecule has 0 saturated carbocycles. The topological polar surface area (TPSA) is 66.8 Å². The van der Waals surface area contributed by atoms with E-state index in [1.807, 2.05) is 23.1 Å². The summed E-state index contributed by atoms with van der Waals surface area (Å²) in [6.07, 6.45) is 0.162. The van der Waals surface area contributed by atoms with E-state index in [1.165, 1.54) is 11.8 Å². The molecule has 0 spiro atoms. The summed E-state index contributed by atoms with van der Waals surface area (Å²) in [4.78, 5) is 18.8. The second kappa shape index (κ2) is 8.30. The van der Waals surface area contributed by atoms with Crippen molar-refractivity contribution in [3.8, 4) is 0 Å². The van der Waals surface area contributed by atoms with E-state index in [-0.39, 0.29) is 35.1 Å². The molecule has 0 radical (unpaired) electrons. The number of hydrogen-bond donors (Lipinski definition) is 0. The van der Waals surface area contributed by atoms with Crippen LogP contribution in [0, 0.1) is 0 Å². The Balaban J connectivity index is 1.58. The first kappa shape index (κ1) is 20.7. The van der Waals surface area contributed by atoms with Crippen LogP contribution in [0.1, 0.15) is 11.1 Å². The van der Waals surface area contributed by atoms with Gasteiger partial charge in [0.25, 0.3) is 5.91 Å². The molecule has 2 aromatic rings. The van der Waals surface area contributed by atoms with Crippen molar-refractivity contribution in [3.63, 3.8) is 0 Å². The number of fused-ring (bicyclic) bond motifs is 1. The fraction of sp³-hybridized carbons (Fsp3) is 0.300. The van der Waals surface area contributed by atoms with Crippen LogP contribution in [-0.2, 0) is 27.6 Å². The fourth-order valence-electron chi connectivity index (χ4n) is 3.55. The smallest absolute Gasteiger partial charge is 0.252 e. The van der Waals surface area contributed by atoms with E-state index in [2.05, 4.69) is 4.99 Å². The molecule has 4 rings (SSSR count). The van der Waals surface area contributed by atoms with E-state index in [0.717, 1.165) is 11.1 Å². The van der Waals surface area contributed by atoms with Crippen LogP contribution in [0.3, 0.4) is 0 Å². The van der Waals surface area contributed by atoms with Crippen molar-refractivity contribution in [2.75, 3.05) is 11.5 Å². The number of amidine groups is 1. The summed E-state index contributed by atoms with van der Waals surface area (Å²) >= 11 is 13.6. The third-order valence-electron chi connectivity index (χ3n) is 4.96. The van der Waals surface area contributed by atoms with Gasteiger partial charge in [-0.2, -0.15) is 4.99 Å². The Hall–Kier alpha value is -1.54. The van der Waals surface area contributed by atoms with Crippen LogP contribution in [0.2, 0.25) is 10.0 Å². The van der Waals surface area contributed by atoms with Crippen LogP contribution in [0.4, 0.5) is 0 Å². The highest BCUT2D eigenvalue weighted by Gasteiger charge is 2.48. The van der Waals surface area contributed by atoms with Crippen LogP contribution in [0.15, 0.2) is 53.5 Å². The standard InChI is InChI=1S/C20H18Cl2N2O3S2/c21-15-7-5-13(6-8-15)9-19(25)23-20-24(10-14-3-1-2-4-16(14)22)17-11-29(26,27)12-18(17)28-20/h1-8,17-18H,9-12H2/t17-,18+/m0/s1. The van der Waals surface area contributed by atoms with Gasteiger partial charge in [0.2, 0.25) is 0 Å². The highest BCUT2D eigenvalue weighted by atomic mass is 35.5. The molecule has 2 heterocycles. The molecular weight excluding hydrogens is 451 g/mol. The zero-order valence-electron chi connectivity index (χ0n) is 15.3. The van der Waals surface area contributed by atoms with Gasteiger partial charge >= 0.3 is 0 Å². The Bertz CT molecular complexity index is 1070. The molecule has 0 bridgehead atoms. The van der Waals surface area contributed by atoms with Gasteiger partial charge in [0.1, 0.15) is 0 Å². The average Bonchev–Trinajstić information content (AvgIpc) is 3.11. The summed E-state index contributed by atoms with van der Waals surface area (Å²) in [5.41, 5.74) is 1.70. The van der Waals surface area contributed by atoms with Crippen LogP contribution in [-0.4, -0.2) is 47.2 Å². The minimum atomic E-state index is -3.09. The van der Waals surface area contributed by atoms with Crippen LogP contribution >= 0.6 is 35.0 Å². The van der Waals surface area contributed by atoms with E-state index in [9.17, 15) is 13.2 Å². The first-order valence-corrected chi connectivity index (χ1v) is 12.5. The fourth-order valence-corrected chi connectivity index (χ4v) is 7.84. The molecule has 0 N–H and O–H groups in total. The summed E-state index contributed by atoms with van der Waals surface area (Å²) in [6, 6.07) is 14.3. The van der Waals surface area contributed by atoms with Crippen LogP contribution < -0.4 is 0 Å². The van der Waals surface area contributed by atoms with E-state index in [1.54, 1.807) is 30.3 Å². The molecule has 0 unspecified atom stereocenters. The number of halogens is 2. The van der Waals surface area contributed by atoms with Gasteiger partial charge in [-0.3, -0.25) is 4.79 Å². The monoisotopic (exact) mass is 468 g/mol. The maximum atomic E-state index is 12.6. The number of carbonyl (C=O) groups excluding carboxylic acids is 1. The van der Waals surface area contributed by atoms with Gasteiger partial charge in [-0.15, -0.1) is 0 Å². The molecule has 152 valence electrons. The number of sulfone groups is 1. The number of amides is 1. The second-order valence-corrected chi connectivity index (χ2v) is 11.3. The number of thioether (sulfide) groups is 1. The zero-order chi connectivity index (χ0) is 20.6. The summed E-state index contributed by atoms with van der Waals surface area (Å²) < 4.78 is 24.2. The van der Waals surface area contributed by atoms with Crippen molar-refractivity contribution in [2.24, 2.45) is 4.99 Å². The van der Waals surface area contributed by atoms with Crippen molar-refractivity contribution < 1.29 is 13.2 Å². The molecule has 29 heavy (non-hydrogen) atoms. The van der Waals surface area contributed by atoms with Gasteiger partial charge in [0, 0.05) is 21.8 Å². The maximum absolute atomic E-state index is 12.6. The molecule has 2 aliphatic heterocycles. The SMILES string of the molecule is O=C(Cc1ccc(Cl)cc1)N=C1S[C@@H]2CS(=O)(=O)C[C@@H]2N1Cc1ccccc1Cl. The van der Waals surface area contributed by atoms with Gasteiger partial charge in [-0.1, -0.05) is 65.3 Å². The van der Waals surface area contributed by atoms with Gasteiger partial charge in [0.15, 0.2) is 15.0 Å². The number of carbonyl (C=O) groups is 1. The quantitative estimate of drug-likeness (QED) is 0.681. The Labute approximate surface area is 184 Å². The third kappa shape index (κ3) is 4.79. The normalized spacial score (nSPS) is 24.1. The first-order valence-electron chi connectivity index (χ1n) is 9.04. The van der Waals surface area contributed by atoms with E-state index in [4.69, 9.17) is 23.2 Å². The van der Waals surface area contributed by atoms with Gasteiger partial charge in [-0.05, 0) is 29.3 Å². The Morgan fingerprint density at radius 1 is 1.10 bits per heavy atom. The van der Waals surface area contributed by atoms with E-state index >= 15 is 0 Å². The molecule has 5 nitrogen and oxygen atoms in total. The van der Waals surface area contributed by atoms with Gasteiger partial charge in [0.05, 0.1) is 24.0 Å². The lowest BCUT2D eigenvalue weighted by molar-refractivity contribution is -0.117.